The maximum atomic E-state index is 12.3. The first kappa shape index (κ1) is 10.0. The molecule has 4 heteroatoms. The van der Waals surface area contributed by atoms with Gasteiger partial charge in [-0.05, 0) is 38.7 Å². The Labute approximate surface area is 97.7 Å². The fourth-order valence-electron chi connectivity index (χ4n) is 2.37. The molecule has 0 saturated carbocycles. The standard InChI is InChI=1S/C12H14N2OS/c1-7(2)14-6-13-11-10(12(14)15)8-4-3-5-9(8)16-11/h6-7H,3-5H2,1-2H3. The van der Waals surface area contributed by atoms with Gasteiger partial charge in [-0.25, -0.2) is 4.98 Å². The summed E-state index contributed by atoms with van der Waals surface area (Å²) in [5.41, 5.74) is 1.41. The summed E-state index contributed by atoms with van der Waals surface area (Å²) in [4.78, 5) is 19.0. The summed E-state index contributed by atoms with van der Waals surface area (Å²) in [6.45, 7) is 4.03. The zero-order valence-corrected chi connectivity index (χ0v) is 10.3. The van der Waals surface area contributed by atoms with Gasteiger partial charge in [0.2, 0.25) is 0 Å². The highest BCUT2D eigenvalue weighted by Gasteiger charge is 2.21. The molecule has 2 aromatic heterocycles. The maximum absolute atomic E-state index is 12.3. The molecule has 3 nitrogen and oxygen atoms in total. The van der Waals surface area contributed by atoms with Gasteiger partial charge in [-0.2, -0.15) is 0 Å². The predicted molar refractivity (Wildman–Crippen MR) is 66.3 cm³/mol. The van der Waals surface area contributed by atoms with Crippen LogP contribution in [0.4, 0.5) is 0 Å². The maximum Gasteiger partial charge on any atom is 0.262 e. The molecule has 0 radical (unpaired) electrons. The van der Waals surface area contributed by atoms with Crippen molar-refractivity contribution in [3.8, 4) is 0 Å². The van der Waals surface area contributed by atoms with Gasteiger partial charge in [0.05, 0.1) is 11.7 Å². The number of nitrogens with zero attached hydrogens (tertiary/aromatic N) is 2. The molecule has 2 aromatic rings. The van der Waals surface area contributed by atoms with Crippen molar-refractivity contribution in [1.82, 2.24) is 9.55 Å². The van der Waals surface area contributed by atoms with Crippen LogP contribution in [0.15, 0.2) is 11.1 Å². The van der Waals surface area contributed by atoms with Crippen molar-refractivity contribution >= 4 is 21.6 Å². The molecule has 1 aliphatic carbocycles. The number of rotatable bonds is 1. The van der Waals surface area contributed by atoms with Crippen LogP contribution in [-0.4, -0.2) is 9.55 Å². The quantitative estimate of drug-likeness (QED) is 0.760. The SMILES string of the molecule is CC(C)n1cnc2sc3c(c2c1=O)CCC3. The van der Waals surface area contributed by atoms with Crippen LogP contribution in [0, 0.1) is 0 Å². The number of hydrogen-bond acceptors (Lipinski definition) is 3. The lowest BCUT2D eigenvalue weighted by atomic mass is 10.2. The Morgan fingerprint density at radius 1 is 1.44 bits per heavy atom. The lowest BCUT2D eigenvalue weighted by molar-refractivity contribution is 0.573. The predicted octanol–water partition coefficient (Wildman–Crippen LogP) is 2.53. The Morgan fingerprint density at radius 2 is 2.25 bits per heavy atom. The van der Waals surface area contributed by atoms with Crippen molar-refractivity contribution in [2.24, 2.45) is 0 Å². The van der Waals surface area contributed by atoms with Gasteiger partial charge in [0.25, 0.3) is 5.56 Å². The van der Waals surface area contributed by atoms with E-state index in [4.69, 9.17) is 0 Å². The molecule has 0 amide bonds. The average Bonchev–Trinajstić information content (AvgIpc) is 2.75. The van der Waals surface area contributed by atoms with Gasteiger partial charge in [-0.15, -0.1) is 11.3 Å². The van der Waals surface area contributed by atoms with Crippen molar-refractivity contribution in [2.45, 2.75) is 39.2 Å². The topological polar surface area (TPSA) is 34.9 Å². The minimum Gasteiger partial charge on any atom is -0.296 e. The largest absolute Gasteiger partial charge is 0.296 e. The molecule has 0 spiro atoms. The molecule has 0 fully saturated rings. The minimum absolute atomic E-state index is 0.138. The van der Waals surface area contributed by atoms with Crippen LogP contribution in [0.2, 0.25) is 0 Å². The van der Waals surface area contributed by atoms with Crippen LogP contribution in [0.3, 0.4) is 0 Å². The van der Waals surface area contributed by atoms with Gasteiger partial charge in [-0.1, -0.05) is 0 Å². The van der Waals surface area contributed by atoms with E-state index < -0.39 is 0 Å². The van der Waals surface area contributed by atoms with Crippen LogP contribution >= 0.6 is 11.3 Å². The monoisotopic (exact) mass is 234 g/mol. The molecular weight excluding hydrogens is 220 g/mol. The summed E-state index contributed by atoms with van der Waals surface area (Å²) in [5, 5.41) is 0.883. The molecule has 16 heavy (non-hydrogen) atoms. The fraction of sp³-hybridized carbons (Fsp3) is 0.500. The highest BCUT2D eigenvalue weighted by Crippen LogP contribution is 2.34. The van der Waals surface area contributed by atoms with Crippen molar-refractivity contribution in [2.75, 3.05) is 0 Å². The Bertz CT molecular complexity index is 609. The van der Waals surface area contributed by atoms with E-state index in [1.165, 1.54) is 16.9 Å². The van der Waals surface area contributed by atoms with Gasteiger partial charge >= 0.3 is 0 Å². The van der Waals surface area contributed by atoms with Gasteiger partial charge in [0.1, 0.15) is 4.83 Å². The molecule has 0 aromatic carbocycles. The molecule has 3 rings (SSSR count). The molecular formula is C12H14N2OS. The van der Waals surface area contributed by atoms with E-state index >= 15 is 0 Å². The fourth-order valence-corrected chi connectivity index (χ4v) is 3.58. The molecule has 0 atom stereocenters. The number of fused-ring (bicyclic) bond motifs is 3. The third-order valence-electron chi connectivity index (χ3n) is 3.21. The van der Waals surface area contributed by atoms with E-state index in [1.54, 1.807) is 22.2 Å². The summed E-state index contributed by atoms with van der Waals surface area (Å²) in [6.07, 6.45) is 5.04. The van der Waals surface area contributed by atoms with E-state index in [-0.39, 0.29) is 11.6 Å². The van der Waals surface area contributed by atoms with Crippen molar-refractivity contribution in [1.29, 1.82) is 0 Å². The normalized spacial score (nSPS) is 14.9. The zero-order valence-electron chi connectivity index (χ0n) is 9.49. The lowest BCUT2D eigenvalue weighted by Gasteiger charge is -2.08. The smallest absolute Gasteiger partial charge is 0.262 e. The second-order valence-corrected chi connectivity index (χ2v) is 5.67. The Balaban J connectivity index is 2.39. The number of aryl methyl sites for hydroxylation is 2. The molecule has 0 unspecified atom stereocenters. The Morgan fingerprint density at radius 3 is 3.00 bits per heavy atom. The zero-order chi connectivity index (χ0) is 11.3. The first-order chi connectivity index (χ1) is 7.68. The molecule has 1 aliphatic rings. The lowest BCUT2D eigenvalue weighted by Crippen LogP contribution is -2.22. The highest BCUT2D eigenvalue weighted by molar-refractivity contribution is 7.18. The van der Waals surface area contributed by atoms with E-state index in [2.05, 4.69) is 4.98 Å². The minimum atomic E-state index is 0.138. The summed E-state index contributed by atoms with van der Waals surface area (Å²) >= 11 is 1.70. The third kappa shape index (κ3) is 1.26. The second-order valence-electron chi connectivity index (χ2n) is 4.59. The van der Waals surface area contributed by atoms with E-state index in [9.17, 15) is 4.79 Å². The van der Waals surface area contributed by atoms with Crippen LogP contribution in [-0.2, 0) is 12.8 Å². The van der Waals surface area contributed by atoms with E-state index in [1.807, 2.05) is 13.8 Å². The van der Waals surface area contributed by atoms with Crippen LogP contribution < -0.4 is 5.56 Å². The van der Waals surface area contributed by atoms with Gasteiger partial charge in [0, 0.05) is 10.9 Å². The highest BCUT2D eigenvalue weighted by atomic mass is 32.1. The molecule has 84 valence electrons. The van der Waals surface area contributed by atoms with Crippen LogP contribution in [0.25, 0.3) is 10.2 Å². The first-order valence-electron chi connectivity index (χ1n) is 5.70. The third-order valence-corrected chi connectivity index (χ3v) is 4.41. The van der Waals surface area contributed by atoms with Crippen LogP contribution in [0.5, 0.6) is 0 Å². The Hall–Kier alpha value is -1.16. The summed E-state index contributed by atoms with van der Waals surface area (Å²) in [7, 11) is 0. The molecule has 2 heterocycles. The molecule has 0 N–H and O–H groups in total. The van der Waals surface area contributed by atoms with Gasteiger partial charge in [-0.3, -0.25) is 9.36 Å². The van der Waals surface area contributed by atoms with Crippen molar-refractivity contribution in [3.63, 3.8) is 0 Å². The van der Waals surface area contributed by atoms with E-state index in [0.717, 1.165) is 23.1 Å². The van der Waals surface area contributed by atoms with Crippen molar-refractivity contribution < 1.29 is 0 Å². The first-order valence-corrected chi connectivity index (χ1v) is 6.51. The number of hydrogen-bond donors (Lipinski definition) is 0. The van der Waals surface area contributed by atoms with E-state index in [0.29, 0.717) is 0 Å². The molecule has 0 bridgehead atoms. The average molecular weight is 234 g/mol. The van der Waals surface area contributed by atoms with Gasteiger partial charge in [0.15, 0.2) is 0 Å². The number of aromatic nitrogens is 2. The summed E-state index contributed by atoms with van der Waals surface area (Å²) in [6, 6.07) is 0.182. The summed E-state index contributed by atoms with van der Waals surface area (Å²) in [5.74, 6) is 0. The van der Waals surface area contributed by atoms with Crippen LogP contribution in [0.1, 0.15) is 36.8 Å². The van der Waals surface area contributed by atoms with Gasteiger partial charge < -0.3 is 0 Å². The second kappa shape index (κ2) is 3.42. The number of thiophene rings is 1. The summed E-state index contributed by atoms with van der Waals surface area (Å²) < 4.78 is 1.73. The molecule has 0 saturated heterocycles. The Kier molecular flexibility index (Phi) is 2.14. The van der Waals surface area contributed by atoms with Crippen molar-refractivity contribution in [3.05, 3.63) is 27.1 Å². The molecule has 0 aliphatic heterocycles.